The number of rotatable bonds is 7. The summed E-state index contributed by atoms with van der Waals surface area (Å²) in [7, 11) is 1.67. The van der Waals surface area contributed by atoms with Gasteiger partial charge in [-0.3, -0.25) is 0 Å². The van der Waals surface area contributed by atoms with Crippen molar-refractivity contribution in [2.24, 2.45) is 0 Å². The van der Waals surface area contributed by atoms with E-state index in [1.165, 1.54) is 0 Å². The lowest BCUT2D eigenvalue weighted by molar-refractivity contribution is 0.405. The number of phenols is 3. The van der Waals surface area contributed by atoms with Gasteiger partial charge in [-0.15, -0.1) is 0 Å². The number of methoxy groups -OCH3 is 1. The Morgan fingerprint density at radius 2 is 1.03 bits per heavy atom. The summed E-state index contributed by atoms with van der Waals surface area (Å²) in [5.74, 6) is 1.67. The first-order valence-electron chi connectivity index (χ1n) is 11.4. The summed E-state index contributed by atoms with van der Waals surface area (Å²) in [5, 5.41) is 30.7. The summed E-state index contributed by atoms with van der Waals surface area (Å²) in [4.78, 5) is 0. The van der Waals surface area contributed by atoms with Crippen molar-refractivity contribution in [1.29, 1.82) is 0 Å². The molecule has 0 saturated carbocycles. The summed E-state index contributed by atoms with van der Waals surface area (Å²) in [6.07, 6.45) is 1.81. The van der Waals surface area contributed by atoms with E-state index in [0.717, 1.165) is 50.3 Å². The van der Waals surface area contributed by atoms with E-state index in [-0.39, 0.29) is 11.5 Å². The number of benzene rings is 4. The number of hydrogen-bond acceptors (Lipinski definition) is 4. The molecule has 4 nitrogen and oxygen atoms in total. The van der Waals surface area contributed by atoms with E-state index in [2.05, 4.69) is 0 Å². The molecule has 0 heterocycles. The first kappa shape index (κ1) is 23.2. The fourth-order valence-corrected chi connectivity index (χ4v) is 4.41. The van der Waals surface area contributed by atoms with Crippen molar-refractivity contribution in [1.82, 2.24) is 0 Å². The average molecular weight is 455 g/mol. The molecule has 0 fully saturated rings. The highest BCUT2D eigenvalue weighted by Crippen LogP contribution is 2.33. The van der Waals surface area contributed by atoms with Crippen molar-refractivity contribution in [3.05, 3.63) is 117 Å². The molecule has 0 aromatic heterocycles. The highest BCUT2D eigenvalue weighted by molar-refractivity contribution is 5.51. The van der Waals surface area contributed by atoms with Gasteiger partial charge in [0.05, 0.1) is 7.11 Å². The molecule has 4 rings (SSSR count). The molecule has 0 bridgehead atoms. The second-order valence-corrected chi connectivity index (χ2v) is 8.81. The second-order valence-electron chi connectivity index (χ2n) is 8.81. The maximum absolute atomic E-state index is 11.0. The first-order valence-corrected chi connectivity index (χ1v) is 11.4. The van der Waals surface area contributed by atoms with Gasteiger partial charge in [-0.2, -0.15) is 0 Å². The molecular weight excluding hydrogens is 424 g/mol. The standard InChI is InChI=1S/C30H30O4/c1-19-14-21(10-12-27(19)31)16-23-6-4-7-24(29(23)33)18-26-9-5-8-25(30(26)34-3)17-22-11-13-28(32)20(2)15-22/h4-15,31-33H,16-18H2,1-3H3. The SMILES string of the molecule is COc1c(Cc2ccc(O)c(C)c2)cccc1Cc1cccc(Cc2ccc(O)c(C)c2)c1O. The predicted molar refractivity (Wildman–Crippen MR) is 135 cm³/mol. The Kier molecular flexibility index (Phi) is 6.78. The van der Waals surface area contributed by atoms with E-state index in [1.807, 2.05) is 74.5 Å². The van der Waals surface area contributed by atoms with Crippen molar-refractivity contribution in [3.63, 3.8) is 0 Å². The molecule has 0 aliphatic rings. The van der Waals surface area contributed by atoms with Crippen LogP contribution in [0.1, 0.15) is 44.5 Å². The number of phenolic OH excluding ortho intramolecular Hbond substituents is 3. The monoisotopic (exact) mass is 454 g/mol. The minimum atomic E-state index is 0.274. The van der Waals surface area contributed by atoms with Gasteiger partial charge in [-0.1, -0.05) is 60.7 Å². The van der Waals surface area contributed by atoms with E-state index >= 15 is 0 Å². The van der Waals surface area contributed by atoms with Crippen molar-refractivity contribution in [2.75, 3.05) is 7.11 Å². The highest BCUT2D eigenvalue weighted by Gasteiger charge is 2.14. The first-order chi connectivity index (χ1) is 16.4. The molecule has 3 N–H and O–H groups in total. The number of para-hydroxylation sites is 2. The summed E-state index contributed by atoms with van der Waals surface area (Å²) in [5.41, 5.74) is 7.54. The molecule has 0 amide bonds. The number of aryl methyl sites for hydroxylation is 2. The topological polar surface area (TPSA) is 69.9 Å². The lowest BCUT2D eigenvalue weighted by atomic mass is 9.94. The molecule has 4 aromatic rings. The van der Waals surface area contributed by atoms with Crippen molar-refractivity contribution < 1.29 is 20.1 Å². The normalized spacial score (nSPS) is 10.9. The van der Waals surface area contributed by atoms with E-state index in [0.29, 0.717) is 25.0 Å². The molecule has 174 valence electrons. The van der Waals surface area contributed by atoms with Gasteiger partial charge in [-0.25, -0.2) is 0 Å². The molecule has 0 spiro atoms. The van der Waals surface area contributed by atoms with Crippen LogP contribution in [0.3, 0.4) is 0 Å². The van der Waals surface area contributed by atoms with Crippen LogP contribution in [0.5, 0.6) is 23.0 Å². The van der Waals surface area contributed by atoms with E-state index in [9.17, 15) is 15.3 Å². The number of aromatic hydroxyl groups is 3. The van der Waals surface area contributed by atoms with Gasteiger partial charge in [-0.05, 0) is 70.5 Å². The maximum Gasteiger partial charge on any atom is 0.125 e. The van der Waals surface area contributed by atoms with Crippen molar-refractivity contribution in [3.8, 4) is 23.0 Å². The minimum absolute atomic E-state index is 0.274. The van der Waals surface area contributed by atoms with Gasteiger partial charge < -0.3 is 20.1 Å². The zero-order valence-electron chi connectivity index (χ0n) is 19.8. The minimum Gasteiger partial charge on any atom is -0.508 e. The molecule has 0 radical (unpaired) electrons. The summed E-state index contributed by atoms with van der Waals surface area (Å²) >= 11 is 0. The summed E-state index contributed by atoms with van der Waals surface area (Å²) in [6.45, 7) is 3.76. The van der Waals surface area contributed by atoms with Crippen LogP contribution in [0, 0.1) is 13.8 Å². The second kappa shape index (κ2) is 9.92. The quantitative estimate of drug-likeness (QED) is 0.311. The van der Waals surface area contributed by atoms with Crippen LogP contribution in [0.4, 0.5) is 0 Å². The van der Waals surface area contributed by atoms with Crippen LogP contribution in [-0.2, 0) is 19.3 Å². The van der Waals surface area contributed by atoms with Gasteiger partial charge in [0.1, 0.15) is 23.0 Å². The lowest BCUT2D eigenvalue weighted by Gasteiger charge is -2.16. The Morgan fingerprint density at radius 1 is 0.588 bits per heavy atom. The lowest BCUT2D eigenvalue weighted by Crippen LogP contribution is -2.01. The average Bonchev–Trinajstić information content (AvgIpc) is 2.81. The zero-order chi connectivity index (χ0) is 24.2. The molecular formula is C30H30O4. The molecule has 0 saturated heterocycles. The predicted octanol–water partition coefficient (Wildman–Crippen LogP) is 6.20. The maximum atomic E-state index is 11.0. The third kappa shape index (κ3) is 5.01. The largest absolute Gasteiger partial charge is 0.508 e. The fraction of sp³-hybridized carbons (Fsp3) is 0.200. The Bertz CT molecular complexity index is 1320. The van der Waals surface area contributed by atoms with Gasteiger partial charge in [0, 0.05) is 19.3 Å². The smallest absolute Gasteiger partial charge is 0.125 e. The summed E-state index contributed by atoms with van der Waals surface area (Å²) < 4.78 is 5.81. The molecule has 0 atom stereocenters. The van der Waals surface area contributed by atoms with Gasteiger partial charge in [0.15, 0.2) is 0 Å². The molecule has 0 aliphatic carbocycles. The van der Waals surface area contributed by atoms with Gasteiger partial charge in [0.25, 0.3) is 0 Å². The van der Waals surface area contributed by atoms with Gasteiger partial charge >= 0.3 is 0 Å². The fourth-order valence-electron chi connectivity index (χ4n) is 4.41. The Labute approximate surface area is 200 Å². The molecule has 0 unspecified atom stereocenters. The zero-order valence-corrected chi connectivity index (χ0v) is 19.8. The molecule has 4 aromatic carbocycles. The van der Waals surface area contributed by atoms with E-state index < -0.39 is 0 Å². The van der Waals surface area contributed by atoms with Crippen molar-refractivity contribution in [2.45, 2.75) is 33.1 Å². The highest BCUT2D eigenvalue weighted by atomic mass is 16.5. The van der Waals surface area contributed by atoms with Crippen LogP contribution < -0.4 is 4.74 Å². The Balaban J connectivity index is 1.61. The summed E-state index contributed by atoms with van der Waals surface area (Å²) in [6, 6.07) is 23.1. The van der Waals surface area contributed by atoms with Gasteiger partial charge in [0.2, 0.25) is 0 Å². The Hall–Kier alpha value is -3.92. The van der Waals surface area contributed by atoms with Crippen LogP contribution in [0.25, 0.3) is 0 Å². The van der Waals surface area contributed by atoms with Crippen LogP contribution in [-0.4, -0.2) is 22.4 Å². The third-order valence-corrected chi connectivity index (χ3v) is 6.28. The van der Waals surface area contributed by atoms with Crippen LogP contribution >= 0.6 is 0 Å². The molecule has 0 aliphatic heterocycles. The Morgan fingerprint density at radius 3 is 1.53 bits per heavy atom. The van der Waals surface area contributed by atoms with Crippen LogP contribution in [0.2, 0.25) is 0 Å². The van der Waals surface area contributed by atoms with Crippen LogP contribution in [0.15, 0.2) is 72.8 Å². The number of ether oxygens (including phenoxy) is 1. The molecule has 4 heteroatoms. The van der Waals surface area contributed by atoms with E-state index in [1.54, 1.807) is 19.2 Å². The van der Waals surface area contributed by atoms with Crippen molar-refractivity contribution >= 4 is 0 Å². The third-order valence-electron chi connectivity index (χ3n) is 6.28. The van der Waals surface area contributed by atoms with E-state index in [4.69, 9.17) is 4.74 Å². The number of hydrogen-bond donors (Lipinski definition) is 3. The molecule has 34 heavy (non-hydrogen) atoms.